The van der Waals surface area contributed by atoms with Crippen molar-refractivity contribution in [2.24, 2.45) is 5.73 Å². The van der Waals surface area contributed by atoms with Gasteiger partial charge in [-0.25, -0.2) is 9.97 Å². The van der Waals surface area contributed by atoms with Crippen molar-refractivity contribution in [1.82, 2.24) is 9.97 Å². The average Bonchev–Trinajstić information content (AvgIpc) is 2.26. The lowest BCUT2D eigenvalue weighted by molar-refractivity contribution is 0.524. The normalized spacial score (nSPS) is 13.2. The van der Waals surface area contributed by atoms with Gasteiger partial charge in [-0.05, 0) is 47.1 Å². The Labute approximate surface area is 116 Å². The summed E-state index contributed by atoms with van der Waals surface area (Å²) in [7, 11) is 0. The number of nitrogens with two attached hydrogens (primary N) is 1. The zero-order valence-electron chi connectivity index (χ0n) is 12.7. The highest BCUT2D eigenvalue weighted by molar-refractivity contribution is 5.49. The summed E-state index contributed by atoms with van der Waals surface area (Å²) in [6.45, 7) is 11.1. The van der Waals surface area contributed by atoms with Crippen LogP contribution >= 0.6 is 0 Å². The van der Waals surface area contributed by atoms with Crippen molar-refractivity contribution >= 4 is 11.6 Å². The number of nitrogens with zero attached hydrogens (tertiary/aromatic N) is 2. The third-order valence-electron chi connectivity index (χ3n) is 3.08. The summed E-state index contributed by atoms with van der Waals surface area (Å²) < 4.78 is 0. The third-order valence-corrected chi connectivity index (χ3v) is 3.08. The molecule has 0 amide bonds. The molecule has 1 unspecified atom stereocenters. The standard InChI is InChI=1S/C14H27N5/c1-6-10(2)16-12-9-13(18-11(3)17-12)19-14(4,5)7-8-15/h9-10H,6-8,15H2,1-5H3,(H2,16,17,18,19). The van der Waals surface area contributed by atoms with Crippen LogP contribution in [0, 0.1) is 6.92 Å². The minimum Gasteiger partial charge on any atom is -0.367 e. The van der Waals surface area contributed by atoms with Gasteiger partial charge in [-0.15, -0.1) is 0 Å². The minimum atomic E-state index is -0.0663. The van der Waals surface area contributed by atoms with E-state index in [9.17, 15) is 0 Å². The van der Waals surface area contributed by atoms with Gasteiger partial charge in [0.2, 0.25) is 0 Å². The highest BCUT2D eigenvalue weighted by atomic mass is 15.1. The molecule has 5 nitrogen and oxygen atoms in total. The summed E-state index contributed by atoms with van der Waals surface area (Å²) in [6, 6.07) is 2.36. The third kappa shape index (κ3) is 5.42. The van der Waals surface area contributed by atoms with E-state index in [0.717, 1.165) is 30.3 Å². The maximum Gasteiger partial charge on any atom is 0.132 e. The molecule has 0 aromatic carbocycles. The molecule has 0 aliphatic heterocycles. The smallest absolute Gasteiger partial charge is 0.132 e. The van der Waals surface area contributed by atoms with E-state index in [2.05, 4.69) is 48.3 Å². The molecular weight excluding hydrogens is 238 g/mol. The van der Waals surface area contributed by atoms with E-state index in [1.807, 2.05) is 13.0 Å². The molecule has 0 fully saturated rings. The van der Waals surface area contributed by atoms with Crippen LogP contribution in [0.4, 0.5) is 11.6 Å². The van der Waals surface area contributed by atoms with Crippen LogP contribution in [-0.2, 0) is 0 Å². The molecule has 0 radical (unpaired) electrons. The van der Waals surface area contributed by atoms with E-state index in [4.69, 9.17) is 5.73 Å². The lowest BCUT2D eigenvalue weighted by Gasteiger charge is -2.26. The van der Waals surface area contributed by atoms with Crippen LogP contribution in [0.3, 0.4) is 0 Å². The van der Waals surface area contributed by atoms with Crippen molar-refractivity contribution in [2.45, 2.75) is 59.0 Å². The van der Waals surface area contributed by atoms with Crippen LogP contribution in [0.25, 0.3) is 0 Å². The van der Waals surface area contributed by atoms with Gasteiger partial charge in [-0.3, -0.25) is 0 Å². The van der Waals surface area contributed by atoms with Gasteiger partial charge in [0.05, 0.1) is 0 Å². The van der Waals surface area contributed by atoms with Crippen LogP contribution in [0.2, 0.25) is 0 Å². The molecule has 1 atom stereocenters. The van der Waals surface area contributed by atoms with Crippen LogP contribution in [-0.4, -0.2) is 28.1 Å². The SMILES string of the molecule is CCC(C)Nc1cc(NC(C)(C)CCN)nc(C)n1. The zero-order chi connectivity index (χ0) is 14.5. The predicted octanol–water partition coefficient (Wildman–Crippen LogP) is 2.53. The Morgan fingerprint density at radius 1 is 1.32 bits per heavy atom. The molecule has 108 valence electrons. The van der Waals surface area contributed by atoms with Crippen LogP contribution < -0.4 is 16.4 Å². The highest BCUT2D eigenvalue weighted by Gasteiger charge is 2.17. The van der Waals surface area contributed by atoms with Gasteiger partial charge in [0.15, 0.2) is 0 Å². The van der Waals surface area contributed by atoms with Crippen molar-refractivity contribution in [3.63, 3.8) is 0 Å². The molecule has 0 saturated carbocycles. The minimum absolute atomic E-state index is 0.0663. The van der Waals surface area contributed by atoms with Gasteiger partial charge in [0.25, 0.3) is 0 Å². The lowest BCUT2D eigenvalue weighted by Crippen LogP contribution is -2.34. The molecule has 0 spiro atoms. The molecule has 0 aliphatic rings. The van der Waals surface area contributed by atoms with Crippen LogP contribution in [0.15, 0.2) is 6.07 Å². The molecule has 1 heterocycles. The fourth-order valence-electron chi connectivity index (χ4n) is 1.83. The number of aryl methyl sites for hydroxylation is 1. The fourth-order valence-corrected chi connectivity index (χ4v) is 1.83. The van der Waals surface area contributed by atoms with E-state index in [1.165, 1.54) is 0 Å². The van der Waals surface area contributed by atoms with Gasteiger partial charge >= 0.3 is 0 Å². The number of hydrogen-bond donors (Lipinski definition) is 3. The number of rotatable bonds is 7. The molecule has 0 aliphatic carbocycles. The predicted molar refractivity (Wildman–Crippen MR) is 81.5 cm³/mol. The Bertz CT molecular complexity index is 403. The van der Waals surface area contributed by atoms with Crippen molar-refractivity contribution in [2.75, 3.05) is 17.2 Å². The van der Waals surface area contributed by atoms with Crippen molar-refractivity contribution in [1.29, 1.82) is 0 Å². The summed E-state index contributed by atoms with van der Waals surface area (Å²) in [4.78, 5) is 8.84. The Balaban J connectivity index is 2.84. The molecule has 0 saturated heterocycles. The van der Waals surface area contributed by atoms with Crippen molar-refractivity contribution in [3.05, 3.63) is 11.9 Å². The second-order valence-corrected chi connectivity index (χ2v) is 5.69. The van der Waals surface area contributed by atoms with E-state index < -0.39 is 0 Å². The van der Waals surface area contributed by atoms with E-state index in [-0.39, 0.29) is 5.54 Å². The van der Waals surface area contributed by atoms with Gasteiger partial charge < -0.3 is 16.4 Å². The first-order valence-electron chi connectivity index (χ1n) is 6.96. The monoisotopic (exact) mass is 265 g/mol. The lowest BCUT2D eigenvalue weighted by atomic mass is 10.0. The molecule has 4 N–H and O–H groups in total. The molecule has 1 rings (SSSR count). The molecule has 0 bridgehead atoms. The summed E-state index contributed by atoms with van der Waals surface area (Å²) in [5.74, 6) is 2.48. The van der Waals surface area contributed by atoms with Gasteiger partial charge in [0.1, 0.15) is 17.5 Å². The van der Waals surface area contributed by atoms with E-state index >= 15 is 0 Å². The zero-order valence-corrected chi connectivity index (χ0v) is 12.7. The maximum atomic E-state index is 5.63. The Hall–Kier alpha value is -1.36. The second-order valence-electron chi connectivity index (χ2n) is 5.69. The van der Waals surface area contributed by atoms with Gasteiger partial charge in [-0.2, -0.15) is 0 Å². The van der Waals surface area contributed by atoms with Crippen molar-refractivity contribution < 1.29 is 0 Å². The Kier molecular flexibility index (Phi) is 5.54. The molecule has 19 heavy (non-hydrogen) atoms. The molecule has 1 aromatic heterocycles. The summed E-state index contributed by atoms with van der Waals surface area (Å²) in [6.07, 6.45) is 1.95. The summed E-state index contributed by atoms with van der Waals surface area (Å²) >= 11 is 0. The molecule has 1 aromatic rings. The molecular formula is C14H27N5. The Morgan fingerprint density at radius 3 is 2.53 bits per heavy atom. The van der Waals surface area contributed by atoms with Crippen LogP contribution in [0.1, 0.15) is 46.4 Å². The first-order chi connectivity index (χ1) is 8.86. The largest absolute Gasteiger partial charge is 0.367 e. The topological polar surface area (TPSA) is 75.9 Å². The average molecular weight is 265 g/mol. The fraction of sp³-hybridized carbons (Fsp3) is 0.714. The Morgan fingerprint density at radius 2 is 1.95 bits per heavy atom. The first kappa shape index (κ1) is 15.7. The summed E-state index contributed by atoms with van der Waals surface area (Å²) in [5, 5.41) is 6.80. The number of hydrogen-bond acceptors (Lipinski definition) is 5. The van der Waals surface area contributed by atoms with Gasteiger partial charge in [-0.1, -0.05) is 6.92 Å². The number of aromatic nitrogens is 2. The van der Waals surface area contributed by atoms with Crippen molar-refractivity contribution in [3.8, 4) is 0 Å². The summed E-state index contributed by atoms with van der Waals surface area (Å²) in [5.41, 5.74) is 5.56. The van der Waals surface area contributed by atoms with E-state index in [1.54, 1.807) is 0 Å². The van der Waals surface area contributed by atoms with E-state index in [0.29, 0.717) is 12.6 Å². The maximum absolute atomic E-state index is 5.63. The number of anilines is 2. The van der Waals surface area contributed by atoms with Crippen LogP contribution in [0.5, 0.6) is 0 Å². The molecule has 5 heteroatoms. The quantitative estimate of drug-likeness (QED) is 0.706. The first-order valence-corrected chi connectivity index (χ1v) is 6.96. The second kappa shape index (κ2) is 6.70. The highest BCUT2D eigenvalue weighted by Crippen LogP contribution is 2.19. The number of nitrogens with one attached hydrogen (secondary N) is 2. The van der Waals surface area contributed by atoms with Gasteiger partial charge in [0, 0.05) is 17.6 Å².